The topological polar surface area (TPSA) is 61.5 Å². The molecule has 1 aromatic carbocycles. The van der Waals surface area contributed by atoms with Crippen molar-refractivity contribution in [1.29, 1.82) is 0 Å². The van der Waals surface area contributed by atoms with E-state index >= 15 is 0 Å². The van der Waals surface area contributed by atoms with E-state index in [1.165, 1.54) is 0 Å². The summed E-state index contributed by atoms with van der Waals surface area (Å²) in [6, 6.07) is 7.62. The maximum atomic E-state index is 13.1. The number of nitrogens with zero attached hydrogens (tertiary/aromatic N) is 3. The van der Waals surface area contributed by atoms with Crippen LogP contribution >= 0.6 is 11.6 Å². The van der Waals surface area contributed by atoms with Gasteiger partial charge in [-0.25, -0.2) is 4.98 Å². The van der Waals surface area contributed by atoms with Crippen molar-refractivity contribution in [3.63, 3.8) is 0 Å². The van der Waals surface area contributed by atoms with Crippen molar-refractivity contribution in [3.05, 3.63) is 52.6 Å². The third kappa shape index (κ3) is 3.56. The van der Waals surface area contributed by atoms with Gasteiger partial charge in [0.25, 0.3) is 0 Å². The summed E-state index contributed by atoms with van der Waals surface area (Å²) in [6.45, 7) is 3.96. The van der Waals surface area contributed by atoms with Crippen LogP contribution in [0.4, 0.5) is 0 Å². The van der Waals surface area contributed by atoms with Crippen LogP contribution in [0.15, 0.2) is 30.6 Å². The van der Waals surface area contributed by atoms with Crippen LogP contribution in [-0.2, 0) is 29.0 Å². The molecule has 1 fully saturated rings. The number of rotatable bonds is 3. The van der Waals surface area contributed by atoms with Crippen molar-refractivity contribution in [1.82, 2.24) is 19.8 Å². The summed E-state index contributed by atoms with van der Waals surface area (Å²) in [7, 11) is 0. The van der Waals surface area contributed by atoms with Gasteiger partial charge in [-0.15, -0.1) is 0 Å². The third-order valence-electron chi connectivity index (χ3n) is 4.90. The van der Waals surface area contributed by atoms with E-state index < -0.39 is 0 Å². The number of nitrogens with one attached hydrogen (secondary N) is 1. The van der Waals surface area contributed by atoms with Crippen LogP contribution in [0.5, 0.6) is 0 Å². The number of ether oxygens (including phenoxy) is 1. The highest BCUT2D eigenvalue weighted by Gasteiger charge is 2.35. The Bertz CT molecular complexity index is 740. The number of carbonyl (C=O) groups excluding carboxylic acids is 1. The number of carbonyl (C=O) groups is 1. The normalized spacial score (nSPS) is 21.2. The second-order valence-electron chi connectivity index (χ2n) is 6.52. The van der Waals surface area contributed by atoms with Gasteiger partial charge < -0.3 is 14.6 Å². The first kappa shape index (κ1) is 16.6. The molecule has 2 aliphatic heterocycles. The van der Waals surface area contributed by atoms with E-state index in [-0.39, 0.29) is 11.9 Å². The summed E-state index contributed by atoms with van der Waals surface area (Å²) in [5.41, 5.74) is 3.24. The molecule has 1 saturated heterocycles. The van der Waals surface area contributed by atoms with Gasteiger partial charge >= 0.3 is 0 Å². The molecule has 2 aliphatic rings. The maximum Gasteiger partial charge on any atom is 0.240 e. The SMILES string of the molecule is O=C(C1Cc2nc[nH]c2CN1Cc1ccc(Cl)cc1)N1CCOCC1. The summed E-state index contributed by atoms with van der Waals surface area (Å²) in [5, 5.41) is 0.721. The highest BCUT2D eigenvalue weighted by atomic mass is 35.5. The van der Waals surface area contributed by atoms with Crippen molar-refractivity contribution >= 4 is 17.5 Å². The van der Waals surface area contributed by atoms with Crippen LogP contribution in [0.25, 0.3) is 0 Å². The molecule has 2 aromatic rings. The lowest BCUT2D eigenvalue weighted by molar-refractivity contribution is -0.142. The lowest BCUT2D eigenvalue weighted by atomic mass is 10.00. The Morgan fingerprint density at radius 3 is 2.80 bits per heavy atom. The average Bonchev–Trinajstić information content (AvgIpc) is 3.10. The molecule has 1 atom stereocenters. The third-order valence-corrected chi connectivity index (χ3v) is 5.15. The lowest BCUT2D eigenvalue weighted by Gasteiger charge is -2.38. The molecular formula is C18H21ClN4O2. The van der Waals surface area contributed by atoms with E-state index in [0.29, 0.717) is 45.8 Å². The maximum absolute atomic E-state index is 13.1. The molecule has 6 nitrogen and oxygen atoms in total. The molecule has 0 saturated carbocycles. The first-order valence-electron chi connectivity index (χ1n) is 8.57. The Kier molecular flexibility index (Phi) is 4.74. The van der Waals surface area contributed by atoms with Crippen LogP contribution in [-0.4, -0.2) is 58.0 Å². The number of benzene rings is 1. The first-order valence-corrected chi connectivity index (χ1v) is 8.94. The van der Waals surface area contributed by atoms with Gasteiger partial charge in [0.05, 0.1) is 37.0 Å². The molecule has 1 aromatic heterocycles. The van der Waals surface area contributed by atoms with Crippen LogP contribution in [0, 0.1) is 0 Å². The van der Waals surface area contributed by atoms with Gasteiger partial charge in [0, 0.05) is 37.6 Å². The van der Waals surface area contributed by atoms with Gasteiger partial charge in [0.1, 0.15) is 0 Å². The molecule has 1 N–H and O–H groups in total. The van der Waals surface area contributed by atoms with Gasteiger partial charge in [0.15, 0.2) is 0 Å². The van der Waals surface area contributed by atoms with E-state index in [1.807, 2.05) is 29.2 Å². The molecule has 0 radical (unpaired) electrons. The first-order chi connectivity index (χ1) is 12.2. The number of halogens is 1. The van der Waals surface area contributed by atoms with Crippen molar-refractivity contribution < 1.29 is 9.53 Å². The van der Waals surface area contributed by atoms with E-state index in [9.17, 15) is 4.79 Å². The largest absolute Gasteiger partial charge is 0.378 e. The van der Waals surface area contributed by atoms with Crippen LogP contribution in [0.3, 0.4) is 0 Å². The van der Waals surface area contributed by atoms with Gasteiger partial charge in [0.2, 0.25) is 5.91 Å². The summed E-state index contributed by atoms with van der Waals surface area (Å²) >= 11 is 5.99. The van der Waals surface area contributed by atoms with Crippen molar-refractivity contribution in [2.24, 2.45) is 0 Å². The van der Waals surface area contributed by atoms with E-state index in [0.717, 1.165) is 22.0 Å². The molecule has 0 spiro atoms. The fraction of sp³-hybridized carbons (Fsp3) is 0.444. The summed E-state index contributed by atoms with van der Waals surface area (Å²) in [5.74, 6) is 0.172. The van der Waals surface area contributed by atoms with Crippen molar-refractivity contribution in [2.45, 2.75) is 25.6 Å². The molecule has 7 heteroatoms. The lowest BCUT2D eigenvalue weighted by Crippen LogP contribution is -2.53. The fourth-order valence-electron chi connectivity index (χ4n) is 3.52. The number of H-pyrrole nitrogens is 1. The quantitative estimate of drug-likeness (QED) is 0.907. The smallest absolute Gasteiger partial charge is 0.240 e. The number of amides is 1. The summed E-state index contributed by atoms with van der Waals surface area (Å²) < 4.78 is 5.38. The van der Waals surface area contributed by atoms with Gasteiger partial charge in [-0.2, -0.15) is 0 Å². The summed E-state index contributed by atoms with van der Waals surface area (Å²) in [4.78, 5) is 24.8. The van der Waals surface area contributed by atoms with Gasteiger partial charge in [-0.05, 0) is 17.7 Å². The highest BCUT2D eigenvalue weighted by Crippen LogP contribution is 2.25. The van der Waals surface area contributed by atoms with Gasteiger partial charge in [-0.3, -0.25) is 9.69 Å². The van der Waals surface area contributed by atoms with Crippen molar-refractivity contribution in [2.75, 3.05) is 26.3 Å². The minimum atomic E-state index is -0.190. The van der Waals surface area contributed by atoms with Crippen LogP contribution < -0.4 is 0 Å². The molecule has 0 aliphatic carbocycles. The number of morpholine rings is 1. The van der Waals surface area contributed by atoms with E-state index in [1.54, 1.807) is 6.33 Å². The van der Waals surface area contributed by atoms with Crippen LogP contribution in [0.1, 0.15) is 17.0 Å². The minimum Gasteiger partial charge on any atom is -0.378 e. The number of imidazole rings is 1. The number of aromatic amines is 1. The zero-order chi connectivity index (χ0) is 17.2. The average molecular weight is 361 g/mol. The molecule has 4 rings (SSSR count). The monoisotopic (exact) mass is 360 g/mol. The number of hydrogen-bond acceptors (Lipinski definition) is 4. The zero-order valence-electron chi connectivity index (χ0n) is 13.9. The standard InChI is InChI=1S/C18H21ClN4O2/c19-14-3-1-13(2-4-14)10-23-11-16-15(20-12-21-16)9-17(23)18(24)22-5-7-25-8-6-22/h1-4,12,17H,5-11H2,(H,20,21). The Balaban J connectivity index is 1.56. The Morgan fingerprint density at radius 1 is 1.28 bits per heavy atom. The second kappa shape index (κ2) is 7.15. The fourth-order valence-corrected chi connectivity index (χ4v) is 3.64. The number of aromatic nitrogens is 2. The zero-order valence-corrected chi connectivity index (χ0v) is 14.7. The van der Waals surface area contributed by atoms with E-state index in [2.05, 4.69) is 14.9 Å². The molecule has 0 bridgehead atoms. The van der Waals surface area contributed by atoms with Crippen molar-refractivity contribution in [3.8, 4) is 0 Å². The molecule has 1 amide bonds. The van der Waals surface area contributed by atoms with Gasteiger partial charge in [-0.1, -0.05) is 23.7 Å². The Labute approximate surface area is 151 Å². The summed E-state index contributed by atoms with van der Waals surface area (Å²) in [6.07, 6.45) is 2.36. The van der Waals surface area contributed by atoms with Crippen LogP contribution in [0.2, 0.25) is 5.02 Å². The molecular weight excluding hydrogens is 340 g/mol. The number of fused-ring (bicyclic) bond motifs is 1. The predicted molar refractivity (Wildman–Crippen MR) is 94.2 cm³/mol. The molecule has 3 heterocycles. The molecule has 25 heavy (non-hydrogen) atoms. The minimum absolute atomic E-state index is 0.172. The van der Waals surface area contributed by atoms with E-state index in [4.69, 9.17) is 16.3 Å². The molecule has 1 unspecified atom stereocenters. The second-order valence-corrected chi connectivity index (χ2v) is 6.95. The Hall–Kier alpha value is -1.89. The predicted octanol–water partition coefficient (Wildman–Crippen LogP) is 1.85. The Morgan fingerprint density at radius 2 is 2.04 bits per heavy atom. The molecule has 132 valence electrons. The number of hydrogen-bond donors (Lipinski definition) is 1. The highest BCUT2D eigenvalue weighted by molar-refractivity contribution is 6.30.